The van der Waals surface area contributed by atoms with Crippen molar-refractivity contribution in [3.63, 3.8) is 0 Å². The van der Waals surface area contributed by atoms with Gasteiger partial charge in [0.15, 0.2) is 0 Å². The predicted molar refractivity (Wildman–Crippen MR) is 65.5 cm³/mol. The first-order valence-corrected chi connectivity index (χ1v) is 5.63. The average Bonchev–Trinajstić information content (AvgIpc) is 3.04. The second-order valence-corrected chi connectivity index (χ2v) is 3.99. The van der Waals surface area contributed by atoms with Crippen LogP contribution in [-0.2, 0) is 6.42 Å². The highest BCUT2D eigenvalue weighted by Gasteiger charge is 2.10. The molecule has 0 fully saturated rings. The number of nitrogens with one attached hydrogen (secondary N) is 1. The summed E-state index contributed by atoms with van der Waals surface area (Å²) in [5.41, 5.74) is 1.73. The van der Waals surface area contributed by atoms with Gasteiger partial charge in [0.1, 0.15) is 17.4 Å². The van der Waals surface area contributed by atoms with Crippen LogP contribution < -0.4 is 0 Å². The van der Waals surface area contributed by atoms with Gasteiger partial charge in [0.25, 0.3) is 0 Å². The normalized spacial score (nSPS) is 10.7. The number of furan rings is 1. The van der Waals surface area contributed by atoms with Gasteiger partial charge in [-0.2, -0.15) is 0 Å². The Hall–Kier alpha value is -2.36. The van der Waals surface area contributed by atoms with Gasteiger partial charge < -0.3 is 9.40 Å². The van der Waals surface area contributed by atoms with Crippen molar-refractivity contribution in [3.05, 3.63) is 66.2 Å². The number of benzene rings is 1. The molecule has 0 amide bonds. The Morgan fingerprint density at radius 3 is 2.94 bits per heavy atom. The predicted octanol–water partition coefficient (Wildman–Crippen LogP) is 3.40. The minimum absolute atomic E-state index is 0.274. The van der Waals surface area contributed by atoms with E-state index in [0.717, 1.165) is 17.0 Å². The van der Waals surface area contributed by atoms with Crippen LogP contribution in [-0.4, -0.2) is 9.97 Å². The highest BCUT2D eigenvalue weighted by atomic mass is 19.1. The molecule has 2 aromatic heterocycles. The van der Waals surface area contributed by atoms with Gasteiger partial charge in [-0.05, 0) is 29.8 Å². The number of aromatic nitrogens is 2. The van der Waals surface area contributed by atoms with Crippen LogP contribution in [0.3, 0.4) is 0 Å². The quantitative estimate of drug-likeness (QED) is 0.764. The molecular formula is C14H11FN2O. The summed E-state index contributed by atoms with van der Waals surface area (Å²) >= 11 is 0. The third kappa shape index (κ3) is 2.05. The van der Waals surface area contributed by atoms with E-state index in [0.29, 0.717) is 12.2 Å². The Morgan fingerprint density at radius 2 is 2.22 bits per heavy atom. The number of hydrogen-bond acceptors (Lipinski definition) is 2. The molecule has 0 aliphatic heterocycles. The average molecular weight is 242 g/mol. The first-order chi connectivity index (χ1) is 8.83. The zero-order chi connectivity index (χ0) is 12.4. The van der Waals surface area contributed by atoms with E-state index in [9.17, 15) is 4.39 Å². The molecule has 3 rings (SSSR count). The molecular weight excluding hydrogens is 231 g/mol. The fraction of sp³-hybridized carbons (Fsp3) is 0.0714. The van der Waals surface area contributed by atoms with Crippen LogP contribution in [0.15, 0.2) is 53.4 Å². The van der Waals surface area contributed by atoms with Crippen molar-refractivity contribution < 1.29 is 8.81 Å². The lowest BCUT2D eigenvalue weighted by molar-refractivity contribution is 0.579. The zero-order valence-electron chi connectivity index (χ0n) is 9.56. The number of imidazole rings is 1. The molecule has 0 unspecified atom stereocenters. The second-order valence-electron chi connectivity index (χ2n) is 3.99. The van der Waals surface area contributed by atoms with Crippen molar-refractivity contribution in [1.82, 2.24) is 9.97 Å². The number of aromatic amines is 1. The second kappa shape index (κ2) is 4.49. The van der Waals surface area contributed by atoms with Gasteiger partial charge in [-0.1, -0.05) is 6.07 Å². The summed E-state index contributed by atoms with van der Waals surface area (Å²) in [5, 5.41) is 0. The maximum absolute atomic E-state index is 13.4. The maximum atomic E-state index is 13.4. The van der Waals surface area contributed by atoms with Crippen LogP contribution in [0.4, 0.5) is 4.39 Å². The van der Waals surface area contributed by atoms with Crippen molar-refractivity contribution in [3.8, 4) is 11.3 Å². The number of nitrogens with zero attached hydrogens (tertiary/aromatic N) is 1. The van der Waals surface area contributed by atoms with E-state index in [1.165, 1.54) is 12.1 Å². The Labute approximate surface area is 103 Å². The molecule has 0 radical (unpaired) electrons. The van der Waals surface area contributed by atoms with Gasteiger partial charge in [-0.3, -0.25) is 0 Å². The third-order valence-electron chi connectivity index (χ3n) is 2.77. The Kier molecular flexibility index (Phi) is 2.68. The Balaban J connectivity index is 2.03. The minimum atomic E-state index is -0.274. The summed E-state index contributed by atoms with van der Waals surface area (Å²) in [5.74, 6) is 1.23. The molecule has 1 aromatic carbocycles. The summed E-state index contributed by atoms with van der Waals surface area (Å²) < 4.78 is 18.7. The fourth-order valence-electron chi connectivity index (χ4n) is 1.94. The van der Waals surface area contributed by atoms with E-state index in [1.54, 1.807) is 30.8 Å². The topological polar surface area (TPSA) is 41.8 Å². The van der Waals surface area contributed by atoms with Gasteiger partial charge in [0.2, 0.25) is 0 Å². The molecule has 18 heavy (non-hydrogen) atoms. The van der Waals surface area contributed by atoms with E-state index in [4.69, 9.17) is 4.42 Å². The number of H-pyrrole nitrogens is 1. The summed E-state index contributed by atoms with van der Waals surface area (Å²) in [6, 6.07) is 8.30. The molecule has 0 bridgehead atoms. The highest BCUT2D eigenvalue weighted by molar-refractivity contribution is 5.62. The first-order valence-electron chi connectivity index (χ1n) is 5.63. The molecule has 0 saturated heterocycles. The molecule has 0 spiro atoms. The molecule has 0 saturated carbocycles. The van der Waals surface area contributed by atoms with Crippen LogP contribution in [0, 0.1) is 5.82 Å². The Bertz CT molecular complexity index is 630. The maximum Gasteiger partial charge on any atom is 0.134 e. The zero-order valence-corrected chi connectivity index (χ0v) is 9.56. The summed E-state index contributed by atoms with van der Waals surface area (Å²) in [7, 11) is 0. The molecule has 4 heteroatoms. The van der Waals surface area contributed by atoms with Gasteiger partial charge in [0, 0.05) is 24.4 Å². The van der Waals surface area contributed by atoms with Crippen LogP contribution in [0.2, 0.25) is 0 Å². The number of rotatable bonds is 3. The molecule has 0 atom stereocenters. The van der Waals surface area contributed by atoms with Crippen LogP contribution in [0.5, 0.6) is 0 Å². The minimum Gasteiger partial charge on any atom is -0.464 e. The van der Waals surface area contributed by atoms with Crippen LogP contribution in [0.25, 0.3) is 11.3 Å². The molecule has 3 nitrogen and oxygen atoms in total. The van der Waals surface area contributed by atoms with E-state index in [1.807, 2.05) is 6.07 Å². The van der Waals surface area contributed by atoms with Crippen molar-refractivity contribution in [2.45, 2.75) is 6.42 Å². The number of hydrogen-bond donors (Lipinski definition) is 1. The summed E-state index contributed by atoms with van der Waals surface area (Å²) in [6.07, 6.45) is 5.66. The first kappa shape index (κ1) is 10.8. The lowest BCUT2D eigenvalue weighted by Gasteiger charge is -2.06. The third-order valence-corrected chi connectivity index (χ3v) is 2.77. The van der Waals surface area contributed by atoms with Crippen molar-refractivity contribution in [2.24, 2.45) is 0 Å². The van der Waals surface area contributed by atoms with E-state index >= 15 is 0 Å². The summed E-state index contributed by atoms with van der Waals surface area (Å²) in [6.45, 7) is 0. The van der Waals surface area contributed by atoms with E-state index < -0.39 is 0 Å². The smallest absolute Gasteiger partial charge is 0.134 e. The molecule has 1 N–H and O–H groups in total. The largest absolute Gasteiger partial charge is 0.464 e. The van der Waals surface area contributed by atoms with Crippen molar-refractivity contribution >= 4 is 0 Å². The van der Waals surface area contributed by atoms with Gasteiger partial charge in [-0.25, -0.2) is 9.37 Å². The van der Waals surface area contributed by atoms with E-state index in [2.05, 4.69) is 9.97 Å². The van der Waals surface area contributed by atoms with Gasteiger partial charge in [-0.15, -0.1) is 0 Å². The number of halogens is 1. The molecule has 3 aromatic rings. The van der Waals surface area contributed by atoms with Gasteiger partial charge >= 0.3 is 0 Å². The fourth-order valence-corrected chi connectivity index (χ4v) is 1.94. The standard InChI is InChI=1S/C14H11FN2O/c15-11-4-3-10(8-14-16-5-6-17-14)12(9-11)13-2-1-7-18-13/h1-7,9H,8H2,(H,16,17). The molecule has 0 aliphatic rings. The van der Waals surface area contributed by atoms with Gasteiger partial charge in [0.05, 0.1) is 6.26 Å². The molecule has 0 aliphatic carbocycles. The van der Waals surface area contributed by atoms with Crippen LogP contribution >= 0.6 is 0 Å². The van der Waals surface area contributed by atoms with Crippen LogP contribution in [0.1, 0.15) is 11.4 Å². The SMILES string of the molecule is Fc1ccc(Cc2ncc[nH]2)c(-c2ccco2)c1. The Morgan fingerprint density at radius 1 is 1.28 bits per heavy atom. The molecule has 90 valence electrons. The monoisotopic (exact) mass is 242 g/mol. The van der Waals surface area contributed by atoms with Crippen molar-refractivity contribution in [1.29, 1.82) is 0 Å². The lowest BCUT2D eigenvalue weighted by atomic mass is 10.0. The highest BCUT2D eigenvalue weighted by Crippen LogP contribution is 2.26. The lowest BCUT2D eigenvalue weighted by Crippen LogP contribution is -1.94. The summed E-state index contributed by atoms with van der Waals surface area (Å²) in [4.78, 5) is 7.21. The molecule has 2 heterocycles. The van der Waals surface area contributed by atoms with E-state index in [-0.39, 0.29) is 5.82 Å². The van der Waals surface area contributed by atoms with Crippen molar-refractivity contribution in [2.75, 3.05) is 0 Å².